The molecule has 0 aliphatic heterocycles. The lowest BCUT2D eigenvalue weighted by Gasteiger charge is -2.22. The van der Waals surface area contributed by atoms with E-state index in [1.807, 2.05) is 0 Å². The number of carboxylic acids is 1. The number of amides is 1. The normalized spacial score (nSPS) is 15.8. The van der Waals surface area contributed by atoms with Crippen LogP contribution >= 0.6 is 0 Å². The van der Waals surface area contributed by atoms with Gasteiger partial charge in [0, 0.05) is 6.92 Å². The van der Waals surface area contributed by atoms with E-state index in [1.54, 1.807) is 5.32 Å². The van der Waals surface area contributed by atoms with Crippen LogP contribution in [0.4, 0.5) is 13.2 Å². The van der Waals surface area contributed by atoms with Crippen molar-refractivity contribution in [3.8, 4) is 0 Å². The standard InChI is InChI=1S/C7H10F3NO3/c1-3(7(8,9)10)5(6(13)14)11-4(2)12/h3,5H,1-2H3,(H,11,12)(H,13,14)/t3-,5+/m0/s1. The molecule has 1 amide bonds. The van der Waals surface area contributed by atoms with Gasteiger partial charge in [0.25, 0.3) is 0 Å². The molecule has 0 saturated heterocycles. The van der Waals surface area contributed by atoms with Crippen molar-refractivity contribution in [3.05, 3.63) is 0 Å². The molecule has 0 unspecified atom stereocenters. The molecule has 0 radical (unpaired) electrons. The fraction of sp³-hybridized carbons (Fsp3) is 0.714. The van der Waals surface area contributed by atoms with Crippen molar-refractivity contribution in [3.63, 3.8) is 0 Å². The minimum absolute atomic E-state index is 0.703. The van der Waals surface area contributed by atoms with E-state index in [1.165, 1.54) is 0 Å². The molecule has 0 aromatic heterocycles. The first-order valence-corrected chi connectivity index (χ1v) is 3.73. The number of carbonyl (C=O) groups is 2. The first-order valence-electron chi connectivity index (χ1n) is 3.73. The predicted molar refractivity (Wildman–Crippen MR) is 40.5 cm³/mol. The van der Waals surface area contributed by atoms with Gasteiger partial charge in [-0.1, -0.05) is 6.92 Å². The second-order valence-electron chi connectivity index (χ2n) is 2.85. The van der Waals surface area contributed by atoms with E-state index in [0.717, 1.165) is 6.92 Å². The van der Waals surface area contributed by atoms with E-state index in [-0.39, 0.29) is 0 Å². The lowest BCUT2D eigenvalue weighted by molar-refractivity contribution is -0.185. The van der Waals surface area contributed by atoms with Crippen LogP contribution in [0.3, 0.4) is 0 Å². The number of carboxylic acid groups (broad SMARTS) is 1. The van der Waals surface area contributed by atoms with Gasteiger partial charge < -0.3 is 10.4 Å². The van der Waals surface area contributed by atoms with Crippen LogP contribution in [0.2, 0.25) is 0 Å². The molecule has 0 aliphatic carbocycles. The third-order valence-electron chi connectivity index (χ3n) is 1.64. The van der Waals surface area contributed by atoms with E-state index < -0.39 is 30.0 Å². The Kier molecular flexibility index (Phi) is 3.91. The van der Waals surface area contributed by atoms with Crippen LogP contribution in [0.25, 0.3) is 0 Å². The highest BCUT2D eigenvalue weighted by Crippen LogP contribution is 2.28. The Labute approximate surface area is 78.1 Å². The van der Waals surface area contributed by atoms with Gasteiger partial charge >= 0.3 is 12.1 Å². The van der Waals surface area contributed by atoms with Crippen LogP contribution in [0, 0.1) is 5.92 Å². The summed E-state index contributed by atoms with van der Waals surface area (Å²) in [5.41, 5.74) is 0. The molecule has 0 aliphatic rings. The molecule has 0 aromatic carbocycles. The molecule has 0 spiro atoms. The van der Waals surface area contributed by atoms with Crippen LogP contribution < -0.4 is 5.32 Å². The topological polar surface area (TPSA) is 66.4 Å². The smallest absolute Gasteiger partial charge is 0.394 e. The first-order chi connectivity index (χ1) is 6.16. The number of carbonyl (C=O) groups excluding carboxylic acids is 1. The second kappa shape index (κ2) is 4.30. The van der Waals surface area contributed by atoms with Crippen LogP contribution in [0.5, 0.6) is 0 Å². The van der Waals surface area contributed by atoms with E-state index in [9.17, 15) is 22.8 Å². The summed E-state index contributed by atoms with van der Waals surface area (Å²) >= 11 is 0. The molecule has 4 nitrogen and oxygen atoms in total. The molecule has 82 valence electrons. The maximum absolute atomic E-state index is 12.1. The Morgan fingerprint density at radius 1 is 1.36 bits per heavy atom. The summed E-state index contributed by atoms with van der Waals surface area (Å²) in [7, 11) is 0. The van der Waals surface area contributed by atoms with Crippen LogP contribution in [-0.4, -0.2) is 29.2 Å². The lowest BCUT2D eigenvalue weighted by atomic mass is 10.0. The Balaban J connectivity index is 4.66. The molecule has 0 saturated carbocycles. The van der Waals surface area contributed by atoms with Crippen LogP contribution in [-0.2, 0) is 9.59 Å². The van der Waals surface area contributed by atoms with Crippen molar-refractivity contribution in [2.24, 2.45) is 5.92 Å². The average Bonchev–Trinajstić information content (AvgIpc) is 1.96. The fourth-order valence-corrected chi connectivity index (χ4v) is 0.809. The summed E-state index contributed by atoms with van der Waals surface area (Å²) in [5.74, 6) is -4.64. The van der Waals surface area contributed by atoms with Crippen molar-refractivity contribution >= 4 is 11.9 Å². The molecular formula is C7H10F3NO3. The summed E-state index contributed by atoms with van der Waals surface area (Å²) in [6.45, 7) is 1.66. The Morgan fingerprint density at radius 2 is 1.79 bits per heavy atom. The van der Waals surface area contributed by atoms with Gasteiger partial charge in [-0.05, 0) is 0 Å². The van der Waals surface area contributed by atoms with Gasteiger partial charge in [0.05, 0.1) is 5.92 Å². The highest BCUT2D eigenvalue weighted by molar-refractivity contribution is 5.82. The number of hydrogen-bond acceptors (Lipinski definition) is 2. The highest BCUT2D eigenvalue weighted by atomic mass is 19.4. The monoisotopic (exact) mass is 213 g/mol. The summed E-state index contributed by atoms with van der Waals surface area (Å²) < 4.78 is 36.3. The van der Waals surface area contributed by atoms with Crippen molar-refractivity contribution in [1.29, 1.82) is 0 Å². The van der Waals surface area contributed by atoms with Crippen molar-refractivity contribution in [2.45, 2.75) is 26.1 Å². The van der Waals surface area contributed by atoms with Gasteiger partial charge in [-0.3, -0.25) is 4.79 Å². The van der Waals surface area contributed by atoms with Gasteiger partial charge in [0.2, 0.25) is 5.91 Å². The van der Waals surface area contributed by atoms with Gasteiger partial charge in [0.1, 0.15) is 6.04 Å². The van der Waals surface area contributed by atoms with E-state index in [4.69, 9.17) is 5.11 Å². The summed E-state index contributed by atoms with van der Waals surface area (Å²) in [6, 6.07) is -1.94. The first kappa shape index (κ1) is 12.7. The molecule has 2 N–H and O–H groups in total. The zero-order valence-corrected chi connectivity index (χ0v) is 7.55. The van der Waals surface area contributed by atoms with Crippen LogP contribution in [0.1, 0.15) is 13.8 Å². The highest BCUT2D eigenvalue weighted by Gasteiger charge is 2.44. The van der Waals surface area contributed by atoms with Crippen molar-refractivity contribution < 1.29 is 27.9 Å². The molecule has 14 heavy (non-hydrogen) atoms. The molecule has 0 rings (SSSR count). The number of rotatable bonds is 3. The Hall–Kier alpha value is -1.27. The number of alkyl halides is 3. The van der Waals surface area contributed by atoms with Crippen molar-refractivity contribution in [2.75, 3.05) is 0 Å². The number of aliphatic carboxylic acids is 1. The Morgan fingerprint density at radius 3 is 2.00 bits per heavy atom. The third kappa shape index (κ3) is 3.63. The molecule has 0 aromatic rings. The average molecular weight is 213 g/mol. The Bertz CT molecular complexity index is 239. The van der Waals surface area contributed by atoms with Crippen molar-refractivity contribution in [1.82, 2.24) is 5.32 Å². The van der Waals surface area contributed by atoms with E-state index in [2.05, 4.69) is 0 Å². The van der Waals surface area contributed by atoms with Gasteiger partial charge in [-0.25, -0.2) is 4.79 Å². The SMILES string of the molecule is CC(=O)N[C@@H](C(=O)O)[C@H](C)C(F)(F)F. The minimum Gasteiger partial charge on any atom is -0.480 e. The summed E-state index contributed by atoms with van der Waals surface area (Å²) in [4.78, 5) is 20.9. The van der Waals surface area contributed by atoms with E-state index in [0.29, 0.717) is 6.92 Å². The number of halogens is 3. The summed E-state index contributed by atoms with van der Waals surface area (Å²) in [5, 5.41) is 10.2. The maximum atomic E-state index is 12.1. The molecule has 7 heteroatoms. The van der Waals surface area contributed by atoms with Gasteiger partial charge in [-0.2, -0.15) is 13.2 Å². The van der Waals surface area contributed by atoms with E-state index >= 15 is 0 Å². The minimum atomic E-state index is -4.65. The second-order valence-corrected chi connectivity index (χ2v) is 2.85. The number of nitrogens with one attached hydrogen (secondary N) is 1. The van der Waals surface area contributed by atoms with Gasteiger partial charge in [-0.15, -0.1) is 0 Å². The molecule has 0 bridgehead atoms. The molecule has 0 fully saturated rings. The number of hydrogen-bond donors (Lipinski definition) is 2. The molecule has 2 atom stereocenters. The fourth-order valence-electron chi connectivity index (χ4n) is 0.809. The molecule has 0 heterocycles. The largest absolute Gasteiger partial charge is 0.480 e. The molecular weight excluding hydrogens is 203 g/mol. The zero-order chi connectivity index (χ0) is 11.5. The zero-order valence-electron chi connectivity index (χ0n) is 7.55. The van der Waals surface area contributed by atoms with Gasteiger partial charge in [0.15, 0.2) is 0 Å². The maximum Gasteiger partial charge on any atom is 0.394 e. The third-order valence-corrected chi connectivity index (χ3v) is 1.64. The lowest BCUT2D eigenvalue weighted by Crippen LogP contribution is -2.48. The summed E-state index contributed by atoms with van der Waals surface area (Å²) in [6.07, 6.45) is -4.65. The predicted octanol–water partition coefficient (Wildman–Crippen LogP) is 0.774. The van der Waals surface area contributed by atoms with Crippen LogP contribution in [0.15, 0.2) is 0 Å². The quantitative estimate of drug-likeness (QED) is 0.727.